The van der Waals surface area contributed by atoms with Crippen molar-refractivity contribution < 1.29 is 67.0 Å². The number of rotatable bonds is 12. The van der Waals surface area contributed by atoms with Crippen LogP contribution in [0.4, 0.5) is 0 Å². The van der Waals surface area contributed by atoms with Crippen molar-refractivity contribution in [3.63, 3.8) is 0 Å². The maximum atomic E-state index is 14.1. The maximum absolute atomic E-state index is 14.1. The molecule has 3 fully saturated rings. The summed E-state index contributed by atoms with van der Waals surface area (Å²) in [5.41, 5.74) is -4.65. The van der Waals surface area contributed by atoms with Gasteiger partial charge in [0, 0.05) is 58.7 Å². The molecule has 12 atom stereocenters. The average molecular weight is 803 g/mol. The molecule has 1 heterocycles. The van der Waals surface area contributed by atoms with Crippen LogP contribution in [0, 0.1) is 29.1 Å². The fraction of sp³-hybridized carbons (Fsp3) is 0.698. The summed E-state index contributed by atoms with van der Waals surface area (Å²) >= 11 is 0. The van der Waals surface area contributed by atoms with Crippen LogP contribution in [0.2, 0.25) is 0 Å². The quantitative estimate of drug-likeness (QED) is 0.127. The minimum atomic E-state index is -2.19. The Labute approximate surface area is 336 Å². The highest BCUT2D eigenvalue weighted by atomic mass is 16.6. The zero-order valence-corrected chi connectivity index (χ0v) is 35.4. The number of hydrogen-bond acceptors (Lipinski definition) is 14. The van der Waals surface area contributed by atoms with Crippen molar-refractivity contribution in [3.05, 3.63) is 48.0 Å². The molecule has 0 radical (unpaired) electrons. The highest BCUT2D eigenvalue weighted by molar-refractivity contribution is 5.89. The van der Waals surface area contributed by atoms with Gasteiger partial charge in [-0.05, 0) is 36.5 Å². The van der Waals surface area contributed by atoms with Crippen molar-refractivity contribution in [2.24, 2.45) is 29.1 Å². The van der Waals surface area contributed by atoms with Gasteiger partial charge in [0.25, 0.3) is 0 Å². The highest BCUT2D eigenvalue weighted by Crippen LogP contribution is 2.57. The molecule has 0 amide bonds. The van der Waals surface area contributed by atoms with Crippen molar-refractivity contribution >= 4 is 29.8 Å². The third-order valence-corrected chi connectivity index (χ3v) is 11.0. The van der Waals surface area contributed by atoms with Crippen molar-refractivity contribution in [2.45, 2.75) is 150 Å². The Bertz CT molecular complexity index is 1640. The summed E-state index contributed by atoms with van der Waals surface area (Å²) in [6, 6.07) is 8.26. The molecule has 1 aliphatic heterocycles. The van der Waals surface area contributed by atoms with Gasteiger partial charge in [0.05, 0.1) is 29.8 Å². The van der Waals surface area contributed by atoms with Crippen molar-refractivity contribution in [2.75, 3.05) is 13.2 Å². The van der Waals surface area contributed by atoms with Gasteiger partial charge >= 0.3 is 29.8 Å². The van der Waals surface area contributed by atoms with E-state index in [0.29, 0.717) is 0 Å². The summed E-state index contributed by atoms with van der Waals surface area (Å²) in [6.07, 6.45) is -9.75. The first-order valence-electron chi connectivity index (χ1n) is 19.7. The van der Waals surface area contributed by atoms with Gasteiger partial charge in [-0.25, -0.2) is 4.79 Å². The highest BCUT2D eigenvalue weighted by Gasteiger charge is 2.72. The third kappa shape index (κ3) is 10.2. The Balaban J connectivity index is 2.13. The smallest absolute Gasteiger partial charge is 0.338 e. The van der Waals surface area contributed by atoms with E-state index in [1.807, 2.05) is 41.5 Å². The first-order chi connectivity index (χ1) is 26.4. The molecule has 0 spiro atoms. The Morgan fingerprint density at radius 2 is 1.30 bits per heavy atom. The van der Waals surface area contributed by atoms with Crippen molar-refractivity contribution in [1.29, 1.82) is 0 Å². The topological polar surface area (TPSA) is 183 Å². The first kappa shape index (κ1) is 45.8. The number of carbonyl (C=O) groups is 5. The normalized spacial score (nSPS) is 34.8. The van der Waals surface area contributed by atoms with Crippen molar-refractivity contribution in [3.8, 4) is 0 Å². The van der Waals surface area contributed by atoms with Crippen LogP contribution in [0.25, 0.3) is 0 Å². The van der Waals surface area contributed by atoms with Gasteiger partial charge in [-0.1, -0.05) is 73.2 Å². The summed E-state index contributed by atoms with van der Waals surface area (Å²) in [5, 5.41) is 13.6. The number of hydrogen-bond donors (Lipinski definition) is 1. The van der Waals surface area contributed by atoms with Crippen LogP contribution in [-0.4, -0.2) is 108 Å². The average Bonchev–Trinajstić information content (AvgIpc) is 3.87. The number of ether oxygens (including phenoxy) is 8. The van der Waals surface area contributed by atoms with E-state index in [-0.39, 0.29) is 42.6 Å². The third-order valence-electron chi connectivity index (χ3n) is 11.0. The molecule has 14 heteroatoms. The first-order valence-corrected chi connectivity index (χ1v) is 19.7. The summed E-state index contributed by atoms with van der Waals surface area (Å²) in [7, 11) is 0. The molecule has 1 saturated heterocycles. The van der Waals surface area contributed by atoms with Crippen LogP contribution >= 0.6 is 0 Å². The zero-order valence-electron chi connectivity index (χ0n) is 35.4. The number of carbonyl (C=O) groups excluding carboxylic acids is 5. The molecule has 3 aliphatic rings. The van der Waals surface area contributed by atoms with Crippen LogP contribution < -0.4 is 0 Å². The Morgan fingerprint density at radius 1 is 0.772 bits per heavy atom. The number of fused-ring (bicyclic) bond motifs is 2. The number of epoxide rings is 1. The van der Waals surface area contributed by atoms with Crippen molar-refractivity contribution in [1.82, 2.24) is 0 Å². The molecule has 2 aliphatic carbocycles. The van der Waals surface area contributed by atoms with Crippen LogP contribution in [0.1, 0.15) is 99.9 Å². The molecule has 0 bridgehead atoms. The van der Waals surface area contributed by atoms with E-state index in [1.165, 1.54) is 27.7 Å². The van der Waals surface area contributed by atoms with Crippen LogP contribution in [0.3, 0.4) is 0 Å². The van der Waals surface area contributed by atoms with Crippen LogP contribution in [-0.2, 0) is 57.1 Å². The largest absolute Gasteiger partial charge is 0.458 e. The van der Waals surface area contributed by atoms with Crippen LogP contribution in [0.5, 0.6) is 0 Å². The molecule has 1 N–H and O–H groups in total. The summed E-state index contributed by atoms with van der Waals surface area (Å²) in [5.74, 6) is -5.87. The lowest BCUT2D eigenvalue weighted by Crippen LogP contribution is -2.61. The molecule has 0 aromatic heterocycles. The molecule has 1 aromatic rings. The van der Waals surface area contributed by atoms with Gasteiger partial charge in [-0.15, -0.1) is 0 Å². The fourth-order valence-corrected chi connectivity index (χ4v) is 8.72. The van der Waals surface area contributed by atoms with E-state index in [2.05, 4.69) is 6.58 Å². The summed E-state index contributed by atoms with van der Waals surface area (Å²) in [6.45, 7) is 24.1. The predicted molar refractivity (Wildman–Crippen MR) is 205 cm³/mol. The molecule has 0 unspecified atom stereocenters. The number of esters is 5. The fourth-order valence-electron chi connectivity index (χ4n) is 8.72. The Hall–Kier alpha value is -3.85. The van der Waals surface area contributed by atoms with E-state index >= 15 is 0 Å². The number of benzene rings is 1. The number of aliphatic hydroxyl groups is 1. The lowest BCUT2D eigenvalue weighted by atomic mass is 9.69. The van der Waals surface area contributed by atoms with E-state index in [1.54, 1.807) is 44.2 Å². The second-order valence-corrected chi connectivity index (χ2v) is 17.5. The maximum Gasteiger partial charge on any atom is 0.338 e. The molecule has 318 valence electrons. The van der Waals surface area contributed by atoms with Gasteiger partial charge < -0.3 is 43.0 Å². The van der Waals surface area contributed by atoms with E-state index in [4.69, 9.17) is 37.9 Å². The van der Waals surface area contributed by atoms with Gasteiger partial charge in [-0.3, -0.25) is 19.2 Å². The van der Waals surface area contributed by atoms with Crippen LogP contribution in [0.15, 0.2) is 42.5 Å². The second-order valence-electron chi connectivity index (χ2n) is 17.5. The Morgan fingerprint density at radius 3 is 1.81 bits per heavy atom. The molecule has 2 saturated carbocycles. The molecule has 14 nitrogen and oxygen atoms in total. The molecular weight excluding hydrogens is 740 g/mol. The lowest BCUT2D eigenvalue weighted by Gasteiger charge is -2.47. The monoisotopic (exact) mass is 802 g/mol. The van der Waals surface area contributed by atoms with E-state index in [9.17, 15) is 29.1 Å². The summed E-state index contributed by atoms with van der Waals surface area (Å²) < 4.78 is 50.3. The molecule has 4 rings (SSSR count). The van der Waals surface area contributed by atoms with E-state index in [0.717, 1.165) is 0 Å². The SMILES string of the molecule is C=C1[C@H](OCC(C)C)[C@@H](OC(C)=O)[C@@H](OC(C)=O)C(C)(C)[C@@H]2O[C@H]2[C@H](C)[C@H](OC(=O)c2ccccc2)[C@@]2(O)C[C@@](C)(OC(C)=O)[C@H](OC(C)=O)[C@@H]2[C@H]1OCC(C)C. The minimum absolute atomic E-state index is 0.0457. The van der Waals surface area contributed by atoms with Gasteiger partial charge in [0.2, 0.25) is 0 Å². The second kappa shape index (κ2) is 18.0. The Kier molecular flexibility index (Phi) is 14.4. The lowest BCUT2D eigenvalue weighted by molar-refractivity contribution is -0.199. The van der Waals surface area contributed by atoms with E-state index < -0.39 is 107 Å². The molecular formula is C43H62O14. The van der Waals surface area contributed by atoms with Gasteiger partial charge in [-0.2, -0.15) is 0 Å². The summed E-state index contributed by atoms with van der Waals surface area (Å²) in [4.78, 5) is 65.9. The van der Waals surface area contributed by atoms with Gasteiger partial charge in [0.1, 0.15) is 35.6 Å². The predicted octanol–water partition coefficient (Wildman–Crippen LogP) is 5.16. The standard InChI is InChI=1S/C43H62O14/c1-22(2)19-50-32-24(5)33(51-20-23(3)4)35(52-26(7)44)39(54-28(9)46)41(11,12)38-34(55-38)25(6)36(56-40(48)30-17-15-14-16-18-30)43(49)21-42(13,57-29(10)47)37(31(32)43)53-27(8)45/h14-18,22-23,25,31-39,49H,5,19-21H2,1-4,6-13H3/t25-,31-,32-,33-,34-,35+,36-,37+,38+,39+,42+,43+/m0/s1. The molecule has 1 aromatic carbocycles. The van der Waals surface area contributed by atoms with Gasteiger partial charge in [0.15, 0.2) is 6.10 Å². The zero-order chi connectivity index (χ0) is 42.8. The molecule has 57 heavy (non-hydrogen) atoms. The minimum Gasteiger partial charge on any atom is -0.458 e.